The highest BCUT2D eigenvalue weighted by Gasteiger charge is 2.06. The van der Waals surface area contributed by atoms with E-state index in [1.807, 2.05) is 0 Å². The number of methoxy groups -OCH3 is 1. The summed E-state index contributed by atoms with van der Waals surface area (Å²) >= 11 is 1.39. The lowest BCUT2D eigenvalue weighted by atomic mass is 10.2. The summed E-state index contributed by atoms with van der Waals surface area (Å²) in [6.45, 7) is 1.43. The number of nitrogens with one attached hydrogen (secondary N) is 2. The second kappa shape index (κ2) is 9.08. The Kier molecular flexibility index (Phi) is 6.82. The van der Waals surface area contributed by atoms with E-state index in [2.05, 4.69) is 10.6 Å². The number of amides is 2. The lowest BCUT2D eigenvalue weighted by Gasteiger charge is -2.08. The Morgan fingerprint density at radius 2 is 1.72 bits per heavy atom. The smallest absolute Gasteiger partial charge is 0.234 e. The summed E-state index contributed by atoms with van der Waals surface area (Å²) in [6.07, 6.45) is 0. The van der Waals surface area contributed by atoms with E-state index in [1.54, 1.807) is 36.4 Å². The molecular weight excluding hydrogens is 343 g/mol. The Balaban J connectivity index is 1.78. The molecule has 0 heterocycles. The van der Waals surface area contributed by atoms with Gasteiger partial charge in [0.05, 0.1) is 12.9 Å². The maximum Gasteiger partial charge on any atom is 0.234 e. The van der Waals surface area contributed by atoms with Crippen molar-refractivity contribution >= 4 is 35.0 Å². The lowest BCUT2D eigenvalue weighted by Crippen LogP contribution is -2.14. The quantitative estimate of drug-likeness (QED) is 0.789. The van der Waals surface area contributed by atoms with E-state index in [4.69, 9.17) is 4.74 Å². The van der Waals surface area contributed by atoms with Crippen LogP contribution in [-0.2, 0) is 15.3 Å². The number of hydrogen-bond donors (Lipinski definition) is 2. The number of anilines is 2. The molecule has 0 aliphatic carbocycles. The molecule has 0 saturated carbocycles. The molecule has 7 heteroatoms. The van der Waals surface area contributed by atoms with Gasteiger partial charge in [0, 0.05) is 24.1 Å². The molecule has 0 saturated heterocycles. The largest absolute Gasteiger partial charge is 0.494 e. The molecule has 0 fully saturated rings. The van der Waals surface area contributed by atoms with Gasteiger partial charge in [-0.3, -0.25) is 9.59 Å². The van der Waals surface area contributed by atoms with Crippen molar-refractivity contribution in [3.05, 3.63) is 53.8 Å². The third kappa shape index (κ3) is 6.11. The number of carbonyl (C=O) groups excluding carboxylic acids is 2. The molecule has 2 aromatic carbocycles. The van der Waals surface area contributed by atoms with Crippen LogP contribution in [0.4, 0.5) is 15.8 Å². The summed E-state index contributed by atoms with van der Waals surface area (Å²) in [5.41, 5.74) is 2.10. The van der Waals surface area contributed by atoms with Gasteiger partial charge in [-0.05, 0) is 42.0 Å². The van der Waals surface area contributed by atoms with Crippen molar-refractivity contribution in [2.75, 3.05) is 23.5 Å². The van der Waals surface area contributed by atoms with Crippen molar-refractivity contribution in [3.8, 4) is 5.75 Å². The zero-order chi connectivity index (χ0) is 18.2. The predicted molar refractivity (Wildman–Crippen MR) is 98.5 cm³/mol. The van der Waals surface area contributed by atoms with Gasteiger partial charge >= 0.3 is 0 Å². The lowest BCUT2D eigenvalue weighted by molar-refractivity contribution is -0.114. The summed E-state index contributed by atoms with van der Waals surface area (Å²) in [4.78, 5) is 22.9. The average molecular weight is 362 g/mol. The molecule has 2 aromatic rings. The number of benzene rings is 2. The molecule has 2 N–H and O–H groups in total. The predicted octanol–water partition coefficient (Wildman–Crippen LogP) is 3.66. The number of halogens is 1. The molecule has 0 atom stereocenters. The fraction of sp³-hybridized carbons (Fsp3) is 0.222. The molecule has 0 aliphatic rings. The van der Waals surface area contributed by atoms with E-state index in [9.17, 15) is 14.0 Å². The Morgan fingerprint density at radius 1 is 1.08 bits per heavy atom. The van der Waals surface area contributed by atoms with Gasteiger partial charge in [0.25, 0.3) is 0 Å². The summed E-state index contributed by atoms with van der Waals surface area (Å²) in [5.74, 6) is 0.268. The minimum Gasteiger partial charge on any atom is -0.494 e. The standard InChI is InChI=1S/C18H19FN2O3S/c1-12(22)20-14-4-6-15(7-5-14)21-18(23)11-25-10-13-3-8-17(24-2)16(19)9-13/h3-9H,10-11H2,1-2H3,(H,20,22)(H,21,23). The van der Waals surface area contributed by atoms with Crippen LogP contribution in [0, 0.1) is 5.82 Å². The van der Waals surface area contributed by atoms with Crippen LogP contribution in [0.5, 0.6) is 5.75 Å². The molecule has 0 aliphatic heterocycles. The Hall–Kier alpha value is -2.54. The third-order valence-corrected chi connectivity index (χ3v) is 4.21. The zero-order valence-electron chi connectivity index (χ0n) is 14.0. The monoisotopic (exact) mass is 362 g/mol. The molecule has 0 spiro atoms. The van der Waals surface area contributed by atoms with Gasteiger partial charge in [0.1, 0.15) is 0 Å². The first kappa shape index (κ1) is 18.8. The van der Waals surface area contributed by atoms with Crippen LogP contribution >= 0.6 is 11.8 Å². The average Bonchev–Trinajstić information content (AvgIpc) is 2.56. The van der Waals surface area contributed by atoms with Gasteiger partial charge < -0.3 is 15.4 Å². The molecule has 25 heavy (non-hydrogen) atoms. The normalized spacial score (nSPS) is 10.2. The number of carbonyl (C=O) groups is 2. The first-order valence-electron chi connectivity index (χ1n) is 7.55. The van der Waals surface area contributed by atoms with Crippen LogP contribution in [0.15, 0.2) is 42.5 Å². The summed E-state index contributed by atoms with van der Waals surface area (Å²) in [6, 6.07) is 11.6. The molecule has 132 valence electrons. The van der Waals surface area contributed by atoms with Crippen molar-refractivity contribution in [2.24, 2.45) is 0 Å². The minimum absolute atomic E-state index is 0.147. The Morgan fingerprint density at radius 3 is 2.28 bits per heavy atom. The summed E-state index contributed by atoms with van der Waals surface area (Å²) < 4.78 is 18.5. The number of hydrogen-bond acceptors (Lipinski definition) is 4. The summed E-state index contributed by atoms with van der Waals surface area (Å²) in [5, 5.41) is 5.43. The van der Waals surface area contributed by atoms with Crippen LogP contribution < -0.4 is 15.4 Å². The van der Waals surface area contributed by atoms with Crippen LogP contribution in [0.25, 0.3) is 0 Å². The van der Waals surface area contributed by atoms with E-state index in [-0.39, 0.29) is 23.3 Å². The molecule has 2 amide bonds. The minimum atomic E-state index is -0.413. The van der Waals surface area contributed by atoms with E-state index >= 15 is 0 Å². The molecule has 0 aromatic heterocycles. The van der Waals surface area contributed by atoms with E-state index < -0.39 is 5.82 Å². The first-order valence-corrected chi connectivity index (χ1v) is 8.71. The molecule has 5 nitrogen and oxygen atoms in total. The topological polar surface area (TPSA) is 67.4 Å². The molecule has 0 radical (unpaired) electrons. The van der Waals surface area contributed by atoms with Crippen molar-refractivity contribution in [2.45, 2.75) is 12.7 Å². The van der Waals surface area contributed by atoms with Gasteiger partial charge in [-0.1, -0.05) is 6.07 Å². The van der Waals surface area contributed by atoms with Gasteiger partial charge in [0.2, 0.25) is 11.8 Å². The van der Waals surface area contributed by atoms with Gasteiger partial charge in [0.15, 0.2) is 11.6 Å². The van der Waals surface area contributed by atoms with Crippen LogP contribution in [0.3, 0.4) is 0 Å². The highest BCUT2D eigenvalue weighted by molar-refractivity contribution is 7.99. The van der Waals surface area contributed by atoms with Gasteiger partial charge in [-0.25, -0.2) is 4.39 Å². The highest BCUT2D eigenvalue weighted by Crippen LogP contribution is 2.21. The van der Waals surface area contributed by atoms with Crippen molar-refractivity contribution in [1.82, 2.24) is 0 Å². The van der Waals surface area contributed by atoms with Crippen LogP contribution in [0.1, 0.15) is 12.5 Å². The Labute approximate surface area is 150 Å². The van der Waals surface area contributed by atoms with E-state index in [0.717, 1.165) is 5.56 Å². The highest BCUT2D eigenvalue weighted by atomic mass is 32.2. The van der Waals surface area contributed by atoms with Crippen molar-refractivity contribution in [1.29, 1.82) is 0 Å². The molecular formula is C18H19FN2O3S. The second-order valence-corrected chi connectivity index (χ2v) is 6.25. The maximum atomic E-state index is 13.6. The fourth-order valence-electron chi connectivity index (χ4n) is 2.10. The molecule has 0 unspecified atom stereocenters. The third-order valence-electron chi connectivity index (χ3n) is 3.21. The van der Waals surface area contributed by atoms with Crippen LogP contribution in [-0.4, -0.2) is 24.7 Å². The summed E-state index contributed by atoms with van der Waals surface area (Å²) in [7, 11) is 1.42. The van der Waals surface area contributed by atoms with E-state index in [1.165, 1.54) is 31.9 Å². The first-order chi connectivity index (χ1) is 12.0. The van der Waals surface area contributed by atoms with Gasteiger partial charge in [-0.2, -0.15) is 0 Å². The van der Waals surface area contributed by atoms with Crippen molar-refractivity contribution in [3.63, 3.8) is 0 Å². The number of rotatable bonds is 7. The SMILES string of the molecule is COc1ccc(CSCC(=O)Nc2ccc(NC(C)=O)cc2)cc1F. The molecule has 2 rings (SSSR count). The van der Waals surface area contributed by atoms with E-state index in [0.29, 0.717) is 17.1 Å². The zero-order valence-corrected chi connectivity index (χ0v) is 14.8. The second-order valence-electron chi connectivity index (χ2n) is 5.27. The fourth-order valence-corrected chi connectivity index (χ4v) is 2.87. The Bertz CT molecular complexity index is 750. The number of thioether (sulfide) groups is 1. The molecule has 0 bridgehead atoms. The number of ether oxygens (including phenoxy) is 1. The van der Waals surface area contributed by atoms with Crippen molar-refractivity contribution < 1.29 is 18.7 Å². The van der Waals surface area contributed by atoms with Gasteiger partial charge in [-0.15, -0.1) is 11.8 Å². The maximum absolute atomic E-state index is 13.6. The van der Waals surface area contributed by atoms with Crippen LogP contribution in [0.2, 0.25) is 0 Å².